The normalized spacial score (nSPS) is 13.6. The lowest BCUT2D eigenvalue weighted by Gasteiger charge is -2.10. The van der Waals surface area contributed by atoms with Crippen LogP contribution in [0.4, 0.5) is 0 Å². The molecule has 0 aliphatic carbocycles. The van der Waals surface area contributed by atoms with Crippen LogP contribution in [0, 0.1) is 0 Å². The average Bonchev–Trinajstić information content (AvgIpc) is 2.29. The van der Waals surface area contributed by atoms with Gasteiger partial charge in [-0.1, -0.05) is 30.7 Å². The maximum atomic E-state index is 11.3. The van der Waals surface area contributed by atoms with Gasteiger partial charge in [0.1, 0.15) is 9.84 Å². The van der Waals surface area contributed by atoms with Gasteiger partial charge in [0.05, 0.1) is 11.9 Å². The molecule has 0 saturated heterocycles. The molecule has 1 rings (SSSR count). The highest BCUT2D eigenvalue weighted by molar-refractivity contribution is 7.91. The van der Waals surface area contributed by atoms with E-state index in [-0.39, 0.29) is 11.5 Å². The first-order chi connectivity index (χ1) is 7.94. The number of aliphatic hydroxyl groups excluding tert-OH is 1. The van der Waals surface area contributed by atoms with Crippen molar-refractivity contribution in [1.29, 1.82) is 0 Å². The SMILES string of the molecule is CCS(=O)(=O)CCCC(O)c1ccc(Cl)cc1. The molecule has 1 aromatic rings. The van der Waals surface area contributed by atoms with Crippen LogP contribution in [-0.2, 0) is 9.84 Å². The Bertz CT molecular complexity index is 439. The Morgan fingerprint density at radius 1 is 1.29 bits per heavy atom. The van der Waals surface area contributed by atoms with Crippen molar-refractivity contribution in [2.24, 2.45) is 0 Å². The second kappa shape index (κ2) is 6.38. The van der Waals surface area contributed by atoms with Crippen LogP contribution in [0.2, 0.25) is 5.02 Å². The average molecular weight is 277 g/mol. The number of aliphatic hydroxyl groups is 1. The summed E-state index contributed by atoms with van der Waals surface area (Å²) in [7, 11) is -2.94. The van der Waals surface area contributed by atoms with Crippen molar-refractivity contribution in [2.75, 3.05) is 11.5 Å². The molecule has 5 heteroatoms. The van der Waals surface area contributed by atoms with E-state index in [0.29, 0.717) is 17.9 Å². The van der Waals surface area contributed by atoms with Crippen molar-refractivity contribution in [2.45, 2.75) is 25.9 Å². The van der Waals surface area contributed by atoms with Gasteiger partial charge in [0.15, 0.2) is 0 Å². The Hall–Kier alpha value is -0.580. The maximum Gasteiger partial charge on any atom is 0.150 e. The molecule has 1 atom stereocenters. The molecule has 96 valence electrons. The molecule has 0 saturated carbocycles. The van der Waals surface area contributed by atoms with E-state index in [9.17, 15) is 13.5 Å². The fraction of sp³-hybridized carbons (Fsp3) is 0.500. The smallest absolute Gasteiger partial charge is 0.150 e. The zero-order valence-electron chi connectivity index (χ0n) is 9.77. The van der Waals surface area contributed by atoms with Gasteiger partial charge in [0, 0.05) is 10.8 Å². The first kappa shape index (κ1) is 14.5. The minimum atomic E-state index is -2.94. The number of rotatable bonds is 6. The molecule has 0 radical (unpaired) electrons. The summed E-state index contributed by atoms with van der Waals surface area (Å²) in [4.78, 5) is 0. The third-order valence-corrected chi connectivity index (χ3v) is 4.67. The second-order valence-corrected chi connectivity index (χ2v) is 6.86. The molecule has 17 heavy (non-hydrogen) atoms. The summed E-state index contributed by atoms with van der Waals surface area (Å²) in [6.07, 6.45) is 0.292. The number of halogens is 1. The van der Waals surface area contributed by atoms with E-state index in [0.717, 1.165) is 5.56 Å². The van der Waals surface area contributed by atoms with Crippen LogP contribution < -0.4 is 0 Å². The summed E-state index contributed by atoms with van der Waals surface area (Å²) in [6.45, 7) is 1.63. The molecular weight excluding hydrogens is 260 g/mol. The zero-order chi connectivity index (χ0) is 12.9. The molecule has 0 bridgehead atoms. The van der Waals surface area contributed by atoms with E-state index in [2.05, 4.69) is 0 Å². The molecule has 0 spiro atoms. The predicted molar refractivity (Wildman–Crippen MR) is 70.0 cm³/mol. The second-order valence-electron chi connectivity index (χ2n) is 3.95. The standard InChI is InChI=1S/C12H17ClO3S/c1-2-17(15,16)9-3-4-12(14)10-5-7-11(13)8-6-10/h5-8,12,14H,2-4,9H2,1H3. The minimum absolute atomic E-state index is 0.133. The summed E-state index contributed by atoms with van der Waals surface area (Å²) in [5, 5.41) is 10.5. The van der Waals surface area contributed by atoms with Crippen molar-refractivity contribution in [3.05, 3.63) is 34.9 Å². The summed E-state index contributed by atoms with van der Waals surface area (Å²) >= 11 is 5.74. The Morgan fingerprint density at radius 2 is 1.88 bits per heavy atom. The van der Waals surface area contributed by atoms with Crippen molar-refractivity contribution in [3.63, 3.8) is 0 Å². The van der Waals surface area contributed by atoms with Crippen LogP contribution in [0.3, 0.4) is 0 Å². The highest BCUT2D eigenvalue weighted by Crippen LogP contribution is 2.20. The van der Waals surface area contributed by atoms with Gasteiger partial charge in [0.25, 0.3) is 0 Å². The van der Waals surface area contributed by atoms with Crippen LogP contribution in [-0.4, -0.2) is 25.0 Å². The highest BCUT2D eigenvalue weighted by atomic mass is 35.5. The topological polar surface area (TPSA) is 54.4 Å². The largest absolute Gasteiger partial charge is 0.388 e. The van der Waals surface area contributed by atoms with Crippen LogP contribution in [0.25, 0.3) is 0 Å². The Balaban J connectivity index is 2.45. The van der Waals surface area contributed by atoms with Gasteiger partial charge >= 0.3 is 0 Å². The summed E-state index contributed by atoms with van der Waals surface area (Å²) in [5.41, 5.74) is 0.767. The van der Waals surface area contributed by atoms with E-state index in [1.807, 2.05) is 0 Å². The van der Waals surface area contributed by atoms with Gasteiger partial charge in [-0.2, -0.15) is 0 Å². The summed E-state index contributed by atoms with van der Waals surface area (Å²) < 4.78 is 22.5. The molecule has 0 fully saturated rings. The van der Waals surface area contributed by atoms with Gasteiger partial charge in [-0.3, -0.25) is 0 Å². The number of benzene rings is 1. The molecule has 1 N–H and O–H groups in total. The minimum Gasteiger partial charge on any atom is -0.388 e. The molecule has 0 aliphatic rings. The van der Waals surface area contributed by atoms with Gasteiger partial charge in [0.2, 0.25) is 0 Å². The zero-order valence-corrected chi connectivity index (χ0v) is 11.3. The van der Waals surface area contributed by atoms with Crippen LogP contribution in [0.5, 0.6) is 0 Å². The van der Waals surface area contributed by atoms with E-state index in [4.69, 9.17) is 11.6 Å². The molecule has 0 aliphatic heterocycles. The third kappa shape index (κ3) is 5.06. The first-order valence-electron chi connectivity index (χ1n) is 5.58. The third-order valence-electron chi connectivity index (χ3n) is 2.63. The van der Waals surface area contributed by atoms with Crippen molar-refractivity contribution < 1.29 is 13.5 Å². The Kier molecular flexibility index (Phi) is 5.43. The van der Waals surface area contributed by atoms with Crippen LogP contribution in [0.15, 0.2) is 24.3 Å². The van der Waals surface area contributed by atoms with Gasteiger partial charge in [-0.05, 0) is 30.5 Å². The van der Waals surface area contributed by atoms with Gasteiger partial charge in [-0.25, -0.2) is 8.42 Å². The van der Waals surface area contributed by atoms with E-state index >= 15 is 0 Å². The van der Waals surface area contributed by atoms with Gasteiger partial charge in [-0.15, -0.1) is 0 Å². The summed E-state index contributed by atoms with van der Waals surface area (Å²) in [6, 6.07) is 6.93. The highest BCUT2D eigenvalue weighted by Gasteiger charge is 2.11. The fourth-order valence-electron chi connectivity index (χ4n) is 1.49. The Morgan fingerprint density at radius 3 is 2.41 bits per heavy atom. The molecule has 1 unspecified atom stereocenters. The van der Waals surface area contributed by atoms with Crippen molar-refractivity contribution >= 4 is 21.4 Å². The first-order valence-corrected chi connectivity index (χ1v) is 7.78. The fourth-order valence-corrected chi connectivity index (χ4v) is 2.51. The number of sulfone groups is 1. The molecule has 0 amide bonds. The quantitative estimate of drug-likeness (QED) is 0.869. The number of hydrogen-bond donors (Lipinski definition) is 1. The van der Waals surface area contributed by atoms with Crippen molar-refractivity contribution in [3.8, 4) is 0 Å². The van der Waals surface area contributed by atoms with Crippen molar-refractivity contribution in [1.82, 2.24) is 0 Å². The number of hydrogen-bond acceptors (Lipinski definition) is 3. The molecule has 0 aromatic heterocycles. The molecule has 3 nitrogen and oxygen atoms in total. The molecule has 1 aromatic carbocycles. The van der Waals surface area contributed by atoms with Gasteiger partial charge < -0.3 is 5.11 Å². The van der Waals surface area contributed by atoms with E-state index < -0.39 is 15.9 Å². The van der Waals surface area contributed by atoms with E-state index in [1.165, 1.54) is 0 Å². The lowest BCUT2D eigenvalue weighted by molar-refractivity contribution is 0.166. The predicted octanol–water partition coefficient (Wildman–Crippen LogP) is 2.59. The molecule has 0 heterocycles. The maximum absolute atomic E-state index is 11.3. The van der Waals surface area contributed by atoms with Crippen LogP contribution in [0.1, 0.15) is 31.4 Å². The van der Waals surface area contributed by atoms with Crippen LogP contribution >= 0.6 is 11.6 Å². The summed E-state index contributed by atoms with van der Waals surface area (Å²) in [5.74, 6) is 0.290. The molecular formula is C12H17ClO3S. The Labute approximate surface area is 107 Å². The lowest BCUT2D eigenvalue weighted by Crippen LogP contribution is -2.10. The van der Waals surface area contributed by atoms with E-state index in [1.54, 1.807) is 31.2 Å². The lowest BCUT2D eigenvalue weighted by atomic mass is 10.1. The monoisotopic (exact) mass is 276 g/mol.